The van der Waals surface area contributed by atoms with Gasteiger partial charge in [0.25, 0.3) is 0 Å². The number of benzene rings is 1. The van der Waals surface area contributed by atoms with Crippen molar-refractivity contribution in [1.29, 1.82) is 0 Å². The maximum Gasteiger partial charge on any atom is 0.152 e. The zero-order chi connectivity index (χ0) is 13.8. The second-order valence-corrected chi connectivity index (χ2v) is 6.39. The van der Waals surface area contributed by atoms with E-state index in [1.165, 1.54) is 11.3 Å². The van der Waals surface area contributed by atoms with Crippen molar-refractivity contribution >= 4 is 28.1 Å². The fourth-order valence-electron chi connectivity index (χ4n) is 1.59. The minimum absolute atomic E-state index is 0.716. The Morgan fingerprint density at radius 2 is 2.21 bits per heavy atom. The lowest BCUT2D eigenvalue weighted by atomic mass is 10.1. The molecule has 1 heterocycles. The summed E-state index contributed by atoms with van der Waals surface area (Å²) in [5.41, 5.74) is 8.92. The van der Waals surface area contributed by atoms with Gasteiger partial charge in [0.05, 0.1) is 7.11 Å². The SMILES string of the molecule is C=C(C)CSc1nc(-c2ccccc2OC)c(N)s1. The van der Waals surface area contributed by atoms with Crippen molar-refractivity contribution < 1.29 is 4.74 Å². The molecule has 0 amide bonds. The fourth-order valence-corrected chi connectivity index (χ4v) is 3.38. The van der Waals surface area contributed by atoms with Gasteiger partial charge in [-0.05, 0) is 19.1 Å². The number of ether oxygens (including phenoxy) is 1. The maximum atomic E-state index is 6.07. The van der Waals surface area contributed by atoms with Crippen LogP contribution in [0.25, 0.3) is 11.3 Å². The third-order valence-electron chi connectivity index (χ3n) is 2.44. The van der Waals surface area contributed by atoms with E-state index in [1.807, 2.05) is 31.2 Å². The topological polar surface area (TPSA) is 48.1 Å². The lowest BCUT2D eigenvalue weighted by Crippen LogP contribution is -1.90. The summed E-state index contributed by atoms with van der Waals surface area (Å²) in [7, 11) is 1.65. The maximum absolute atomic E-state index is 6.07. The average Bonchev–Trinajstić information content (AvgIpc) is 2.77. The van der Waals surface area contributed by atoms with E-state index in [0.717, 1.165) is 32.7 Å². The van der Waals surface area contributed by atoms with Crippen molar-refractivity contribution in [2.24, 2.45) is 0 Å². The Morgan fingerprint density at radius 1 is 1.47 bits per heavy atom. The van der Waals surface area contributed by atoms with Crippen molar-refractivity contribution in [3.63, 3.8) is 0 Å². The van der Waals surface area contributed by atoms with E-state index in [2.05, 4.69) is 11.6 Å². The van der Waals surface area contributed by atoms with Crippen molar-refractivity contribution in [3.8, 4) is 17.0 Å². The number of methoxy groups -OCH3 is 1. The van der Waals surface area contributed by atoms with Crippen LogP contribution in [0.3, 0.4) is 0 Å². The minimum atomic E-state index is 0.716. The third kappa shape index (κ3) is 3.30. The first kappa shape index (κ1) is 14.0. The molecule has 100 valence electrons. The van der Waals surface area contributed by atoms with Crippen LogP contribution in [0.1, 0.15) is 6.92 Å². The normalized spacial score (nSPS) is 10.4. The Bertz CT molecular complexity index is 593. The van der Waals surface area contributed by atoms with Gasteiger partial charge in [0, 0.05) is 11.3 Å². The summed E-state index contributed by atoms with van der Waals surface area (Å²) in [4.78, 5) is 4.60. The van der Waals surface area contributed by atoms with Crippen molar-refractivity contribution in [1.82, 2.24) is 4.98 Å². The zero-order valence-electron chi connectivity index (χ0n) is 11.0. The summed E-state index contributed by atoms with van der Waals surface area (Å²) in [6.45, 7) is 5.89. The van der Waals surface area contributed by atoms with E-state index in [4.69, 9.17) is 10.5 Å². The molecule has 0 atom stereocenters. The molecule has 0 saturated carbocycles. The number of thiazole rings is 1. The first-order valence-corrected chi connectivity index (χ1v) is 7.59. The van der Waals surface area contributed by atoms with Gasteiger partial charge in [-0.2, -0.15) is 0 Å². The highest BCUT2D eigenvalue weighted by atomic mass is 32.2. The lowest BCUT2D eigenvalue weighted by Gasteiger charge is -2.05. The molecule has 0 spiro atoms. The molecule has 19 heavy (non-hydrogen) atoms. The molecule has 1 aromatic heterocycles. The van der Waals surface area contributed by atoms with Gasteiger partial charge in [0.2, 0.25) is 0 Å². The van der Waals surface area contributed by atoms with E-state index >= 15 is 0 Å². The smallest absolute Gasteiger partial charge is 0.152 e. The van der Waals surface area contributed by atoms with Gasteiger partial charge >= 0.3 is 0 Å². The molecule has 0 aliphatic rings. The first-order chi connectivity index (χ1) is 9.11. The van der Waals surface area contributed by atoms with Gasteiger partial charge in [-0.1, -0.05) is 47.4 Å². The molecular formula is C14H16N2OS2. The van der Waals surface area contributed by atoms with Crippen LogP contribution in [-0.2, 0) is 0 Å². The molecule has 0 aliphatic heterocycles. The molecule has 3 nitrogen and oxygen atoms in total. The molecule has 2 N–H and O–H groups in total. The average molecular weight is 292 g/mol. The van der Waals surface area contributed by atoms with Gasteiger partial charge in [0.15, 0.2) is 4.34 Å². The predicted octanol–water partition coefficient (Wildman–Crippen LogP) is 4.07. The minimum Gasteiger partial charge on any atom is -0.496 e. The number of nitrogens with two attached hydrogens (primary N) is 1. The molecule has 1 aromatic carbocycles. The van der Waals surface area contributed by atoms with Crippen molar-refractivity contribution in [2.45, 2.75) is 11.3 Å². The van der Waals surface area contributed by atoms with Crippen LogP contribution in [0.15, 0.2) is 40.8 Å². The Labute approximate surface area is 121 Å². The molecule has 0 bridgehead atoms. The largest absolute Gasteiger partial charge is 0.496 e. The van der Waals surface area contributed by atoms with Gasteiger partial charge in [-0.25, -0.2) is 4.98 Å². The van der Waals surface area contributed by atoms with E-state index in [0.29, 0.717) is 5.00 Å². The summed E-state index contributed by atoms with van der Waals surface area (Å²) in [6, 6.07) is 7.77. The Balaban J connectivity index is 2.32. The number of hydrogen-bond donors (Lipinski definition) is 1. The summed E-state index contributed by atoms with van der Waals surface area (Å²) in [5, 5.41) is 0.716. The third-order valence-corrected chi connectivity index (χ3v) is 4.70. The van der Waals surface area contributed by atoms with Gasteiger partial charge in [0.1, 0.15) is 16.4 Å². The molecule has 5 heteroatoms. The Hall–Kier alpha value is -1.46. The number of hydrogen-bond acceptors (Lipinski definition) is 5. The monoisotopic (exact) mass is 292 g/mol. The fraction of sp³-hybridized carbons (Fsp3) is 0.214. The van der Waals surface area contributed by atoms with Gasteiger partial charge in [-0.15, -0.1) is 0 Å². The molecule has 0 radical (unpaired) electrons. The highest BCUT2D eigenvalue weighted by Gasteiger charge is 2.14. The van der Waals surface area contributed by atoms with Crippen LogP contribution in [0, 0.1) is 0 Å². The molecule has 2 rings (SSSR count). The number of anilines is 1. The van der Waals surface area contributed by atoms with Crippen molar-refractivity contribution in [3.05, 3.63) is 36.4 Å². The van der Waals surface area contributed by atoms with Gasteiger partial charge in [-0.3, -0.25) is 0 Å². The lowest BCUT2D eigenvalue weighted by molar-refractivity contribution is 0.416. The number of aromatic nitrogens is 1. The molecular weight excluding hydrogens is 276 g/mol. The van der Waals surface area contributed by atoms with Crippen LogP contribution < -0.4 is 10.5 Å². The number of para-hydroxylation sites is 1. The predicted molar refractivity (Wildman–Crippen MR) is 84.1 cm³/mol. The van der Waals surface area contributed by atoms with Gasteiger partial charge < -0.3 is 10.5 Å². The number of thioether (sulfide) groups is 1. The zero-order valence-corrected chi connectivity index (χ0v) is 12.6. The standard InChI is InChI=1S/C14H16N2OS2/c1-9(2)8-18-14-16-12(13(15)19-14)10-6-4-5-7-11(10)17-3/h4-7H,1,8,15H2,2-3H3. The van der Waals surface area contributed by atoms with Crippen LogP contribution >= 0.6 is 23.1 Å². The summed E-state index contributed by atoms with van der Waals surface area (Å²) >= 11 is 3.16. The van der Waals surface area contributed by atoms with Crippen molar-refractivity contribution in [2.75, 3.05) is 18.6 Å². The Kier molecular flexibility index (Phi) is 4.50. The second kappa shape index (κ2) is 6.12. The highest BCUT2D eigenvalue weighted by Crippen LogP contribution is 2.39. The first-order valence-electron chi connectivity index (χ1n) is 5.78. The molecule has 2 aromatic rings. The van der Waals surface area contributed by atoms with E-state index in [1.54, 1.807) is 18.9 Å². The second-order valence-electron chi connectivity index (χ2n) is 4.14. The summed E-state index contributed by atoms with van der Waals surface area (Å²) in [5.74, 6) is 1.65. The molecule has 0 fully saturated rings. The highest BCUT2D eigenvalue weighted by molar-refractivity contribution is 8.01. The summed E-state index contributed by atoms with van der Waals surface area (Å²) < 4.78 is 6.31. The molecule has 0 unspecified atom stereocenters. The number of nitrogens with zero attached hydrogens (tertiary/aromatic N) is 1. The molecule has 0 aliphatic carbocycles. The van der Waals surface area contributed by atoms with Crippen LogP contribution in [0.4, 0.5) is 5.00 Å². The van der Waals surface area contributed by atoms with Crippen LogP contribution in [-0.4, -0.2) is 17.8 Å². The quantitative estimate of drug-likeness (QED) is 0.666. The van der Waals surface area contributed by atoms with E-state index < -0.39 is 0 Å². The summed E-state index contributed by atoms with van der Waals surface area (Å²) in [6.07, 6.45) is 0. The van der Waals surface area contributed by atoms with Crippen LogP contribution in [0.2, 0.25) is 0 Å². The van der Waals surface area contributed by atoms with E-state index in [9.17, 15) is 0 Å². The Morgan fingerprint density at radius 3 is 2.89 bits per heavy atom. The van der Waals surface area contributed by atoms with Crippen LogP contribution in [0.5, 0.6) is 5.75 Å². The van der Waals surface area contributed by atoms with E-state index in [-0.39, 0.29) is 0 Å². The number of nitrogen functional groups attached to an aromatic ring is 1. The number of rotatable bonds is 5. The molecule has 0 saturated heterocycles.